The zero-order chi connectivity index (χ0) is 19.0. The topological polar surface area (TPSA) is 78.5 Å². The van der Waals surface area contributed by atoms with Crippen LogP contribution in [0.3, 0.4) is 0 Å². The number of carbonyl (C=O) groups is 3. The van der Waals surface area contributed by atoms with Gasteiger partial charge in [-0.2, -0.15) is 0 Å². The molecule has 2 N–H and O–H groups in total. The summed E-state index contributed by atoms with van der Waals surface area (Å²) in [5, 5.41) is 5.76. The molecule has 4 amide bonds. The molecule has 1 aliphatic carbocycles. The van der Waals surface area contributed by atoms with E-state index in [0.29, 0.717) is 18.8 Å². The molecule has 0 bridgehead atoms. The second kappa shape index (κ2) is 6.61. The molecule has 6 heteroatoms. The molecule has 2 fully saturated rings. The summed E-state index contributed by atoms with van der Waals surface area (Å²) in [6.07, 6.45) is 3.91. The minimum absolute atomic E-state index is 0.207. The van der Waals surface area contributed by atoms with E-state index < -0.39 is 11.6 Å². The van der Waals surface area contributed by atoms with Crippen molar-refractivity contribution < 1.29 is 14.4 Å². The SMILES string of the molecule is CCC(C)(C)NC(=O)CN1C(=O)NC2(CCC(C(C)(C)C)CC2)C1=O. The van der Waals surface area contributed by atoms with E-state index in [-0.39, 0.29) is 29.3 Å². The summed E-state index contributed by atoms with van der Waals surface area (Å²) >= 11 is 0. The first-order valence-corrected chi connectivity index (χ1v) is 9.35. The van der Waals surface area contributed by atoms with Crippen molar-refractivity contribution >= 4 is 17.8 Å². The van der Waals surface area contributed by atoms with Crippen molar-refractivity contribution in [3.8, 4) is 0 Å². The molecule has 2 aliphatic rings. The molecule has 1 spiro atoms. The minimum atomic E-state index is -0.806. The molecule has 25 heavy (non-hydrogen) atoms. The van der Waals surface area contributed by atoms with Crippen LogP contribution in [0, 0.1) is 11.3 Å². The zero-order valence-electron chi connectivity index (χ0n) is 16.5. The third-order valence-corrected chi connectivity index (χ3v) is 5.97. The molecule has 0 radical (unpaired) electrons. The molecule has 0 atom stereocenters. The summed E-state index contributed by atoms with van der Waals surface area (Å²) in [6.45, 7) is 12.3. The predicted octanol–water partition coefficient (Wildman–Crippen LogP) is 2.82. The molecule has 1 saturated carbocycles. The van der Waals surface area contributed by atoms with E-state index in [0.717, 1.165) is 24.2 Å². The minimum Gasteiger partial charge on any atom is -0.350 e. The maximum Gasteiger partial charge on any atom is 0.325 e. The highest BCUT2D eigenvalue weighted by molar-refractivity contribution is 6.09. The number of amides is 4. The van der Waals surface area contributed by atoms with Crippen LogP contribution in [0.1, 0.15) is 73.6 Å². The van der Waals surface area contributed by atoms with Gasteiger partial charge in [0.1, 0.15) is 12.1 Å². The number of carbonyl (C=O) groups excluding carboxylic acids is 3. The van der Waals surface area contributed by atoms with Crippen LogP contribution in [-0.2, 0) is 9.59 Å². The van der Waals surface area contributed by atoms with Gasteiger partial charge in [-0.3, -0.25) is 14.5 Å². The maximum atomic E-state index is 12.9. The number of nitrogens with zero attached hydrogens (tertiary/aromatic N) is 1. The molecule has 1 aliphatic heterocycles. The zero-order valence-corrected chi connectivity index (χ0v) is 16.5. The van der Waals surface area contributed by atoms with E-state index in [9.17, 15) is 14.4 Å². The van der Waals surface area contributed by atoms with Crippen LogP contribution in [0.2, 0.25) is 0 Å². The molecule has 0 aromatic heterocycles. The summed E-state index contributed by atoms with van der Waals surface area (Å²) in [4.78, 5) is 38.5. The number of urea groups is 1. The lowest BCUT2D eigenvalue weighted by atomic mass is 9.67. The highest BCUT2D eigenvalue weighted by atomic mass is 16.2. The molecular formula is C19H33N3O3. The largest absolute Gasteiger partial charge is 0.350 e. The average Bonchev–Trinajstić information content (AvgIpc) is 2.71. The van der Waals surface area contributed by atoms with Crippen molar-refractivity contribution in [1.29, 1.82) is 0 Å². The Morgan fingerprint density at radius 3 is 2.24 bits per heavy atom. The van der Waals surface area contributed by atoms with Gasteiger partial charge in [-0.1, -0.05) is 27.7 Å². The lowest BCUT2D eigenvalue weighted by Crippen LogP contribution is -2.51. The maximum absolute atomic E-state index is 12.9. The van der Waals surface area contributed by atoms with Crippen LogP contribution >= 0.6 is 0 Å². The third-order valence-electron chi connectivity index (χ3n) is 5.97. The standard InChI is InChI=1S/C19H33N3O3/c1-7-18(5,6)20-14(23)12-22-15(24)19(21-16(22)25)10-8-13(9-11-19)17(2,3)4/h13H,7-12H2,1-6H3,(H,20,23)(H,21,25). The van der Waals surface area contributed by atoms with Crippen molar-refractivity contribution in [2.45, 2.75) is 84.7 Å². The van der Waals surface area contributed by atoms with Gasteiger partial charge in [-0.05, 0) is 57.3 Å². The lowest BCUT2D eigenvalue weighted by Gasteiger charge is -2.40. The number of hydrogen-bond donors (Lipinski definition) is 2. The predicted molar refractivity (Wildman–Crippen MR) is 96.9 cm³/mol. The Morgan fingerprint density at radius 1 is 1.20 bits per heavy atom. The first-order chi connectivity index (χ1) is 11.4. The van der Waals surface area contributed by atoms with E-state index in [1.54, 1.807) is 0 Å². The van der Waals surface area contributed by atoms with Gasteiger partial charge in [0.25, 0.3) is 5.91 Å². The Labute approximate surface area is 151 Å². The Morgan fingerprint density at radius 2 is 1.76 bits per heavy atom. The summed E-state index contributed by atoms with van der Waals surface area (Å²) in [5.41, 5.74) is -0.948. The van der Waals surface area contributed by atoms with Crippen molar-refractivity contribution in [2.75, 3.05) is 6.54 Å². The summed E-state index contributed by atoms with van der Waals surface area (Å²) < 4.78 is 0. The molecule has 0 aromatic rings. The Bertz CT molecular complexity index is 555. The van der Waals surface area contributed by atoms with Crippen molar-refractivity contribution in [3.63, 3.8) is 0 Å². The lowest BCUT2D eigenvalue weighted by molar-refractivity contribution is -0.136. The van der Waals surface area contributed by atoms with Gasteiger partial charge >= 0.3 is 6.03 Å². The van der Waals surface area contributed by atoms with Gasteiger partial charge in [0.15, 0.2) is 0 Å². The molecule has 1 heterocycles. The second-order valence-electron chi connectivity index (χ2n) is 9.33. The van der Waals surface area contributed by atoms with Crippen LogP contribution in [-0.4, -0.2) is 40.4 Å². The summed E-state index contributed by atoms with van der Waals surface area (Å²) in [7, 11) is 0. The van der Waals surface area contributed by atoms with Crippen LogP contribution < -0.4 is 10.6 Å². The summed E-state index contributed by atoms with van der Waals surface area (Å²) in [6, 6.07) is -0.441. The number of nitrogens with one attached hydrogen (secondary N) is 2. The number of imide groups is 1. The highest BCUT2D eigenvalue weighted by Crippen LogP contribution is 2.43. The van der Waals surface area contributed by atoms with Gasteiger partial charge in [-0.15, -0.1) is 0 Å². The molecular weight excluding hydrogens is 318 g/mol. The van der Waals surface area contributed by atoms with E-state index >= 15 is 0 Å². The van der Waals surface area contributed by atoms with E-state index in [2.05, 4.69) is 31.4 Å². The normalized spacial score (nSPS) is 27.6. The van der Waals surface area contributed by atoms with Crippen LogP contribution in [0.25, 0.3) is 0 Å². The fourth-order valence-corrected chi connectivity index (χ4v) is 3.78. The van der Waals surface area contributed by atoms with Crippen molar-refractivity contribution in [2.24, 2.45) is 11.3 Å². The molecule has 142 valence electrons. The van der Waals surface area contributed by atoms with Gasteiger partial charge in [0.05, 0.1) is 0 Å². The highest BCUT2D eigenvalue weighted by Gasteiger charge is 2.53. The number of rotatable bonds is 4. The Balaban J connectivity index is 2.02. The second-order valence-corrected chi connectivity index (χ2v) is 9.33. The van der Waals surface area contributed by atoms with Crippen molar-refractivity contribution in [3.05, 3.63) is 0 Å². The van der Waals surface area contributed by atoms with Gasteiger partial charge in [-0.25, -0.2) is 4.79 Å². The van der Waals surface area contributed by atoms with Crippen molar-refractivity contribution in [1.82, 2.24) is 15.5 Å². The van der Waals surface area contributed by atoms with Gasteiger partial charge in [0.2, 0.25) is 5.91 Å². The molecule has 0 aromatic carbocycles. The molecule has 2 rings (SSSR count). The third kappa shape index (κ3) is 4.15. The summed E-state index contributed by atoms with van der Waals surface area (Å²) in [5.74, 6) is 0.00983. The van der Waals surface area contributed by atoms with E-state index in [1.165, 1.54) is 0 Å². The fraction of sp³-hybridized carbons (Fsp3) is 0.842. The van der Waals surface area contributed by atoms with Gasteiger partial charge < -0.3 is 10.6 Å². The Hall–Kier alpha value is -1.59. The van der Waals surface area contributed by atoms with Crippen LogP contribution in [0.15, 0.2) is 0 Å². The van der Waals surface area contributed by atoms with E-state index in [4.69, 9.17) is 0 Å². The molecule has 1 saturated heterocycles. The Kier molecular flexibility index (Phi) is 5.22. The monoisotopic (exact) mass is 351 g/mol. The van der Waals surface area contributed by atoms with Crippen LogP contribution in [0.5, 0.6) is 0 Å². The smallest absolute Gasteiger partial charge is 0.325 e. The fourth-order valence-electron chi connectivity index (χ4n) is 3.78. The first-order valence-electron chi connectivity index (χ1n) is 9.35. The quantitative estimate of drug-likeness (QED) is 0.765. The average molecular weight is 351 g/mol. The first kappa shape index (κ1) is 19.7. The number of hydrogen-bond acceptors (Lipinski definition) is 3. The molecule has 6 nitrogen and oxygen atoms in total. The van der Waals surface area contributed by atoms with E-state index in [1.807, 2.05) is 20.8 Å². The molecule has 0 unspecified atom stereocenters. The van der Waals surface area contributed by atoms with Gasteiger partial charge in [0, 0.05) is 5.54 Å². The van der Waals surface area contributed by atoms with Crippen LogP contribution in [0.4, 0.5) is 4.79 Å².